The second-order valence-corrected chi connectivity index (χ2v) is 6.42. The number of allylic oxidation sites excluding steroid dienone is 6. The summed E-state index contributed by atoms with van der Waals surface area (Å²) in [6.07, 6.45) is 11.7. The standard InChI is InChI=1S/C23H30O2/c1-8-25-23(24)14-17(3)11-9-10-16(2)12-13-22-19(5)15-18(4)20(6)21(22)7/h9-15H,8H2,1-7H3/b11-9+,13-12+,16-10+,17-14+. The van der Waals surface area contributed by atoms with Gasteiger partial charge >= 0.3 is 5.97 Å². The number of aryl methyl sites for hydroxylation is 2. The average Bonchev–Trinajstić information content (AvgIpc) is 2.52. The molecule has 1 rings (SSSR count). The fraction of sp³-hybridized carbons (Fsp3) is 0.348. The first-order valence-corrected chi connectivity index (χ1v) is 8.71. The summed E-state index contributed by atoms with van der Waals surface area (Å²) in [5, 5.41) is 0. The van der Waals surface area contributed by atoms with E-state index in [1.54, 1.807) is 6.92 Å². The van der Waals surface area contributed by atoms with Gasteiger partial charge in [0.2, 0.25) is 0 Å². The second kappa shape index (κ2) is 9.83. The molecule has 0 aromatic heterocycles. The van der Waals surface area contributed by atoms with Crippen molar-refractivity contribution in [3.05, 3.63) is 75.4 Å². The molecule has 2 nitrogen and oxygen atoms in total. The van der Waals surface area contributed by atoms with Crippen LogP contribution in [-0.4, -0.2) is 12.6 Å². The Morgan fingerprint density at radius 3 is 2.32 bits per heavy atom. The Kier molecular flexibility index (Phi) is 8.13. The van der Waals surface area contributed by atoms with Crippen molar-refractivity contribution in [1.29, 1.82) is 0 Å². The van der Waals surface area contributed by atoms with Gasteiger partial charge < -0.3 is 4.74 Å². The molecule has 0 heterocycles. The fourth-order valence-corrected chi connectivity index (χ4v) is 2.60. The van der Waals surface area contributed by atoms with E-state index in [1.165, 1.54) is 33.9 Å². The number of carbonyl (C=O) groups is 1. The highest BCUT2D eigenvalue weighted by molar-refractivity contribution is 5.83. The highest BCUT2D eigenvalue weighted by Gasteiger charge is 2.05. The third-order valence-electron chi connectivity index (χ3n) is 4.28. The molecule has 0 bridgehead atoms. The molecule has 0 N–H and O–H groups in total. The van der Waals surface area contributed by atoms with Gasteiger partial charge in [-0.25, -0.2) is 4.79 Å². The highest BCUT2D eigenvalue weighted by atomic mass is 16.5. The van der Waals surface area contributed by atoms with Crippen molar-refractivity contribution < 1.29 is 9.53 Å². The van der Waals surface area contributed by atoms with Crippen LogP contribution in [0.25, 0.3) is 6.08 Å². The maximum atomic E-state index is 11.4. The predicted octanol–water partition coefficient (Wildman–Crippen LogP) is 5.95. The summed E-state index contributed by atoms with van der Waals surface area (Å²) >= 11 is 0. The molecule has 25 heavy (non-hydrogen) atoms. The average molecular weight is 338 g/mol. The van der Waals surface area contributed by atoms with Crippen molar-refractivity contribution >= 4 is 12.0 Å². The first-order valence-electron chi connectivity index (χ1n) is 8.71. The van der Waals surface area contributed by atoms with Gasteiger partial charge in [-0.15, -0.1) is 0 Å². The molecule has 0 aliphatic heterocycles. The molecule has 0 saturated heterocycles. The highest BCUT2D eigenvalue weighted by Crippen LogP contribution is 2.23. The largest absolute Gasteiger partial charge is 0.463 e. The summed E-state index contributed by atoms with van der Waals surface area (Å²) in [6, 6.07) is 2.24. The summed E-state index contributed by atoms with van der Waals surface area (Å²) in [7, 11) is 0. The third-order valence-corrected chi connectivity index (χ3v) is 4.28. The Labute approximate surface area is 152 Å². The molecule has 134 valence electrons. The summed E-state index contributed by atoms with van der Waals surface area (Å²) in [4.78, 5) is 11.4. The normalized spacial score (nSPS) is 13.1. The van der Waals surface area contributed by atoms with Crippen LogP contribution in [0.5, 0.6) is 0 Å². The van der Waals surface area contributed by atoms with Gasteiger partial charge in [0.25, 0.3) is 0 Å². The zero-order valence-electron chi connectivity index (χ0n) is 16.6. The first-order chi connectivity index (χ1) is 11.8. The van der Waals surface area contributed by atoms with Gasteiger partial charge in [-0.3, -0.25) is 0 Å². The smallest absolute Gasteiger partial charge is 0.330 e. The topological polar surface area (TPSA) is 26.3 Å². The molecule has 0 radical (unpaired) electrons. The number of ether oxygens (including phenoxy) is 1. The van der Waals surface area contributed by atoms with E-state index in [4.69, 9.17) is 4.74 Å². The quantitative estimate of drug-likeness (QED) is 0.364. The Morgan fingerprint density at radius 1 is 1.00 bits per heavy atom. The number of benzene rings is 1. The van der Waals surface area contributed by atoms with E-state index in [-0.39, 0.29) is 5.97 Å². The minimum Gasteiger partial charge on any atom is -0.463 e. The summed E-state index contributed by atoms with van der Waals surface area (Å²) in [6.45, 7) is 14.8. The van der Waals surface area contributed by atoms with Gasteiger partial charge in [-0.05, 0) is 81.9 Å². The Hall–Kier alpha value is -2.35. The van der Waals surface area contributed by atoms with Crippen molar-refractivity contribution in [1.82, 2.24) is 0 Å². The summed E-state index contributed by atoms with van der Waals surface area (Å²) < 4.78 is 4.89. The van der Waals surface area contributed by atoms with Crippen LogP contribution >= 0.6 is 0 Å². The zero-order chi connectivity index (χ0) is 19.0. The van der Waals surface area contributed by atoms with E-state index < -0.39 is 0 Å². The second-order valence-electron chi connectivity index (χ2n) is 6.42. The van der Waals surface area contributed by atoms with Gasteiger partial charge in [0.15, 0.2) is 0 Å². The molecule has 0 fully saturated rings. The number of hydrogen-bond acceptors (Lipinski definition) is 2. The number of carbonyl (C=O) groups excluding carboxylic acids is 1. The van der Waals surface area contributed by atoms with E-state index in [0.717, 1.165) is 11.1 Å². The lowest BCUT2D eigenvalue weighted by Crippen LogP contribution is -1.99. The monoisotopic (exact) mass is 338 g/mol. The van der Waals surface area contributed by atoms with Crippen molar-refractivity contribution in [3.63, 3.8) is 0 Å². The van der Waals surface area contributed by atoms with E-state index >= 15 is 0 Å². The van der Waals surface area contributed by atoms with Crippen molar-refractivity contribution in [2.75, 3.05) is 6.61 Å². The fourth-order valence-electron chi connectivity index (χ4n) is 2.60. The van der Waals surface area contributed by atoms with Crippen LogP contribution < -0.4 is 0 Å². The molecular weight excluding hydrogens is 308 g/mol. The molecule has 1 aromatic rings. The number of rotatable bonds is 6. The lowest BCUT2D eigenvalue weighted by molar-refractivity contribution is -0.137. The van der Waals surface area contributed by atoms with Gasteiger partial charge in [-0.1, -0.05) is 42.0 Å². The molecule has 0 amide bonds. The molecule has 2 heteroatoms. The van der Waals surface area contributed by atoms with E-state index in [0.29, 0.717) is 6.61 Å². The number of esters is 1. The molecule has 0 saturated carbocycles. The van der Waals surface area contributed by atoms with E-state index in [1.807, 2.05) is 25.2 Å². The first kappa shape index (κ1) is 20.7. The van der Waals surface area contributed by atoms with Crippen LogP contribution in [0.4, 0.5) is 0 Å². The summed E-state index contributed by atoms with van der Waals surface area (Å²) in [5.41, 5.74) is 8.64. The minimum absolute atomic E-state index is 0.300. The molecule has 0 aliphatic carbocycles. The van der Waals surface area contributed by atoms with Gasteiger partial charge in [-0.2, -0.15) is 0 Å². The predicted molar refractivity (Wildman–Crippen MR) is 108 cm³/mol. The van der Waals surface area contributed by atoms with Gasteiger partial charge in [0, 0.05) is 6.08 Å². The van der Waals surface area contributed by atoms with E-state index in [2.05, 4.69) is 52.8 Å². The van der Waals surface area contributed by atoms with Crippen molar-refractivity contribution in [2.24, 2.45) is 0 Å². The molecule has 0 atom stereocenters. The van der Waals surface area contributed by atoms with Gasteiger partial charge in [0.1, 0.15) is 0 Å². The zero-order valence-corrected chi connectivity index (χ0v) is 16.6. The Balaban J connectivity index is 2.86. The minimum atomic E-state index is -0.300. The molecule has 0 spiro atoms. The van der Waals surface area contributed by atoms with Crippen LogP contribution in [-0.2, 0) is 9.53 Å². The van der Waals surface area contributed by atoms with Crippen molar-refractivity contribution in [2.45, 2.75) is 48.5 Å². The number of hydrogen-bond donors (Lipinski definition) is 0. The Bertz CT molecular complexity index is 744. The maximum absolute atomic E-state index is 11.4. The van der Waals surface area contributed by atoms with Crippen LogP contribution in [0, 0.1) is 27.7 Å². The molecule has 0 aliphatic rings. The SMILES string of the molecule is CCOC(=O)/C=C(C)/C=C/C=C(C)/C=C/c1c(C)cc(C)c(C)c1C. The lowest BCUT2D eigenvalue weighted by atomic mass is 9.94. The van der Waals surface area contributed by atoms with Crippen LogP contribution in [0.3, 0.4) is 0 Å². The van der Waals surface area contributed by atoms with Gasteiger partial charge in [0.05, 0.1) is 6.61 Å². The molecule has 1 aromatic carbocycles. The molecular formula is C23H30O2. The molecule has 0 unspecified atom stereocenters. The van der Waals surface area contributed by atoms with Crippen LogP contribution in [0.1, 0.15) is 48.6 Å². The van der Waals surface area contributed by atoms with Crippen LogP contribution in [0.15, 0.2) is 47.6 Å². The summed E-state index contributed by atoms with van der Waals surface area (Å²) in [5.74, 6) is -0.300. The van der Waals surface area contributed by atoms with Crippen LogP contribution in [0.2, 0.25) is 0 Å². The maximum Gasteiger partial charge on any atom is 0.330 e. The van der Waals surface area contributed by atoms with E-state index in [9.17, 15) is 4.79 Å². The van der Waals surface area contributed by atoms with Crippen molar-refractivity contribution in [3.8, 4) is 0 Å². The lowest BCUT2D eigenvalue weighted by Gasteiger charge is -2.12. The third kappa shape index (κ3) is 6.58. The Morgan fingerprint density at radius 2 is 1.68 bits per heavy atom.